The van der Waals surface area contributed by atoms with Gasteiger partial charge in [0.05, 0.1) is 25.8 Å². The highest BCUT2D eigenvalue weighted by atomic mass is 16.7. The molecule has 5 heterocycles. The molecule has 15 heteroatoms. The van der Waals surface area contributed by atoms with Gasteiger partial charge < -0.3 is 58.5 Å². The summed E-state index contributed by atoms with van der Waals surface area (Å²) >= 11 is 0. The average molecular weight is 721 g/mol. The van der Waals surface area contributed by atoms with Crippen molar-refractivity contribution in [3.05, 3.63) is 64.5 Å². The zero-order chi connectivity index (χ0) is 36.3. The number of esters is 1. The quantitative estimate of drug-likeness (QED) is 0.207. The van der Waals surface area contributed by atoms with E-state index >= 15 is 0 Å². The van der Waals surface area contributed by atoms with Crippen molar-refractivity contribution in [3.63, 3.8) is 0 Å². The fourth-order valence-corrected chi connectivity index (χ4v) is 8.37. The molecule has 7 unspecified atom stereocenters. The monoisotopic (exact) mass is 720 g/mol. The van der Waals surface area contributed by atoms with E-state index in [0.717, 1.165) is 53.6 Å². The lowest BCUT2D eigenvalue weighted by molar-refractivity contribution is -0.278. The standard InChI is InChI=1S/C37H40N2O13/c1-46-23-6-5-21-29-35(51-33(21)34(23)47-2)28-19(15-39-14-18-7-10-38-22(18)16-39)11-20(12-24(28)52-37(29)8-3-4-9-37)49-36-32(45)31(44)30(43)25(50-36)17-48-27(42)13-26(40)41/h5-7,10-12,16,25,29-32,35-36,43-45H,3-4,8-9,13-15,17H2,1-2H3,(H,40,41). The first kappa shape index (κ1) is 34.3. The summed E-state index contributed by atoms with van der Waals surface area (Å²) in [6.07, 6.45) is 0.100. The molecule has 4 N–H and O–H groups in total. The van der Waals surface area contributed by atoms with Gasteiger partial charge in [-0.2, -0.15) is 0 Å². The van der Waals surface area contributed by atoms with E-state index < -0.39 is 67.4 Å². The maximum atomic E-state index is 11.9. The fourth-order valence-electron chi connectivity index (χ4n) is 8.37. The molecule has 1 saturated heterocycles. The van der Waals surface area contributed by atoms with Crippen LogP contribution in [0.3, 0.4) is 0 Å². The number of aliphatic hydroxyl groups excluding tert-OH is 3. The number of nitrogens with zero attached hydrogens (tertiary/aromatic N) is 2. The number of carbonyl (C=O) groups is 2. The van der Waals surface area contributed by atoms with E-state index in [0.29, 0.717) is 36.1 Å². The first-order valence-corrected chi connectivity index (χ1v) is 17.3. The zero-order valence-electron chi connectivity index (χ0n) is 28.6. The second-order valence-corrected chi connectivity index (χ2v) is 13.9. The number of carboxylic acid groups (broad SMARTS) is 1. The number of methoxy groups -OCH3 is 2. The van der Waals surface area contributed by atoms with Crippen LogP contribution in [0.4, 0.5) is 0 Å². The summed E-state index contributed by atoms with van der Waals surface area (Å²) in [5.41, 5.74) is 4.05. The van der Waals surface area contributed by atoms with Gasteiger partial charge in [-0.1, -0.05) is 6.07 Å². The van der Waals surface area contributed by atoms with Crippen molar-refractivity contribution in [2.24, 2.45) is 4.99 Å². The van der Waals surface area contributed by atoms with Crippen LogP contribution in [0.5, 0.6) is 28.7 Å². The summed E-state index contributed by atoms with van der Waals surface area (Å²) in [7, 11) is 3.18. The Labute approximate surface area is 298 Å². The lowest BCUT2D eigenvalue weighted by Crippen LogP contribution is -2.60. The van der Waals surface area contributed by atoms with Crippen molar-refractivity contribution in [2.75, 3.05) is 27.4 Å². The third-order valence-electron chi connectivity index (χ3n) is 10.7. The van der Waals surface area contributed by atoms with E-state index in [2.05, 4.69) is 9.89 Å². The number of benzene rings is 2. The van der Waals surface area contributed by atoms with Gasteiger partial charge in [0.15, 0.2) is 11.5 Å². The molecule has 276 valence electrons. The Morgan fingerprint density at radius 1 is 1.06 bits per heavy atom. The molecule has 1 aliphatic carbocycles. The van der Waals surface area contributed by atoms with Crippen molar-refractivity contribution >= 4 is 18.2 Å². The van der Waals surface area contributed by atoms with Crippen LogP contribution in [0.2, 0.25) is 0 Å². The van der Waals surface area contributed by atoms with E-state index in [1.165, 1.54) is 0 Å². The van der Waals surface area contributed by atoms with Gasteiger partial charge in [-0.05, 0) is 49.5 Å². The number of aliphatic imine (C=N–C) groups is 1. The van der Waals surface area contributed by atoms with Gasteiger partial charge in [-0.3, -0.25) is 14.6 Å². The molecule has 6 aliphatic rings. The van der Waals surface area contributed by atoms with Gasteiger partial charge in [0.25, 0.3) is 0 Å². The summed E-state index contributed by atoms with van der Waals surface area (Å²) in [6, 6.07) is 7.46. The number of hydrogen-bond donors (Lipinski definition) is 4. The highest BCUT2D eigenvalue weighted by molar-refractivity contribution is 5.90. The molecule has 7 atom stereocenters. The molecule has 0 amide bonds. The largest absolute Gasteiger partial charge is 0.493 e. The third kappa shape index (κ3) is 5.81. The van der Waals surface area contributed by atoms with Gasteiger partial charge in [-0.25, -0.2) is 0 Å². The molecular weight excluding hydrogens is 680 g/mol. The molecule has 0 aromatic heterocycles. The first-order valence-electron chi connectivity index (χ1n) is 17.3. The Kier molecular flexibility index (Phi) is 8.76. The molecule has 0 bridgehead atoms. The Bertz CT molecular complexity index is 1870. The van der Waals surface area contributed by atoms with E-state index in [1.54, 1.807) is 26.5 Å². The highest BCUT2D eigenvalue weighted by Gasteiger charge is 2.58. The lowest BCUT2D eigenvalue weighted by atomic mass is 9.73. The van der Waals surface area contributed by atoms with E-state index in [9.17, 15) is 24.9 Å². The minimum atomic E-state index is -1.72. The number of aliphatic carboxylic acids is 1. The van der Waals surface area contributed by atoms with E-state index in [4.69, 9.17) is 38.3 Å². The van der Waals surface area contributed by atoms with Gasteiger partial charge in [0.2, 0.25) is 12.0 Å². The molecular formula is C37H40N2O13. The molecule has 15 nitrogen and oxygen atoms in total. The number of carbonyl (C=O) groups excluding carboxylic acids is 1. The Morgan fingerprint density at radius 2 is 1.87 bits per heavy atom. The minimum Gasteiger partial charge on any atom is -0.493 e. The number of hydrogen-bond acceptors (Lipinski definition) is 14. The number of rotatable bonds is 10. The Balaban J connectivity index is 1.16. The molecule has 1 saturated carbocycles. The number of ether oxygens (including phenoxy) is 7. The number of aliphatic hydroxyl groups is 3. The predicted molar refractivity (Wildman–Crippen MR) is 180 cm³/mol. The summed E-state index contributed by atoms with van der Waals surface area (Å²) in [5.74, 6) is -0.0842. The van der Waals surface area contributed by atoms with Crippen molar-refractivity contribution in [3.8, 4) is 28.7 Å². The van der Waals surface area contributed by atoms with Gasteiger partial charge in [0.1, 0.15) is 60.6 Å². The Morgan fingerprint density at radius 3 is 2.60 bits per heavy atom. The summed E-state index contributed by atoms with van der Waals surface area (Å²) < 4.78 is 42.4. The molecule has 1 spiro atoms. The summed E-state index contributed by atoms with van der Waals surface area (Å²) in [5, 5.41) is 41.1. The topological polar surface area (TPSA) is 195 Å². The number of carboxylic acids is 1. The van der Waals surface area contributed by atoms with Gasteiger partial charge >= 0.3 is 11.9 Å². The molecule has 2 fully saturated rings. The van der Waals surface area contributed by atoms with Gasteiger partial charge in [0, 0.05) is 48.3 Å². The molecule has 2 aromatic carbocycles. The minimum absolute atomic E-state index is 0.142. The third-order valence-corrected chi connectivity index (χ3v) is 10.7. The molecule has 0 radical (unpaired) electrons. The maximum absolute atomic E-state index is 11.9. The van der Waals surface area contributed by atoms with Crippen LogP contribution in [0, 0.1) is 0 Å². The van der Waals surface area contributed by atoms with Gasteiger partial charge in [-0.15, -0.1) is 0 Å². The van der Waals surface area contributed by atoms with Crippen molar-refractivity contribution in [2.45, 2.75) is 87.0 Å². The van der Waals surface area contributed by atoms with Crippen LogP contribution in [0.15, 0.2) is 52.8 Å². The van der Waals surface area contributed by atoms with Crippen LogP contribution in [-0.2, 0) is 25.6 Å². The van der Waals surface area contributed by atoms with Crippen LogP contribution < -0.4 is 23.7 Å². The fraction of sp³-hybridized carbons (Fsp3) is 0.486. The predicted octanol–water partition coefficient (Wildman–Crippen LogP) is 2.50. The van der Waals surface area contributed by atoms with Crippen LogP contribution >= 0.6 is 0 Å². The SMILES string of the molecule is COc1ccc2c(c1OC)OC1c3c(CN4C=C5N=CC=C5C4)cc(OC4OC(COC(=O)CC(=O)O)C(O)C(O)C4O)cc3OC3(CCCC3)C21. The second kappa shape index (κ2) is 13.3. The Hall–Kier alpha value is -4.83. The van der Waals surface area contributed by atoms with Crippen LogP contribution in [-0.4, -0.2) is 107 Å². The van der Waals surface area contributed by atoms with Crippen LogP contribution in [0.25, 0.3) is 0 Å². The van der Waals surface area contributed by atoms with E-state index in [-0.39, 0.29) is 11.7 Å². The van der Waals surface area contributed by atoms with Crippen molar-refractivity contribution in [1.82, 2.24) is 4.90 Å². The smallest absolute Gasteiger partial charge is 0.317 e. The molecule has 52 heavy (non-hydrogen) atoms. The van der Waals surface area contributed by atoms with Crippen LogP contribution in [0.1, 0.15) is 60.8 Å². The highest BCUT2D eigenvalue weighted by Crippen LogP contribution is 2.64. The first-order chi connectivity index (χ1) is 25.1. The summed E-state index contributed by atoms with van der Waals surface area (Å²) in [6.45, 7) is 0.485. The number of fused-ring (bicyclic) bond motifs is 7. The van der Waals surface area contributed by atoms with E-state index in [1.807, 2.05) is 30.5 Å². The molecule has 8 rings (SSSR count). The number of allylic oxidation sites excluding steroid dienone is 1. The second-order valence-electron chi connectivity index (χ2n) is 13.9. The zero-order valence-corrected chi connectivity index (χ0v) is 28.6. The summed E-state index contributed by atoms with van der Waals surface area (Å²) in [4.78, 5) is 29.4. The lowest BCUT2D eigenvalue weighted by Gasteiger charge is -2.44. The average Bonchev–Trinajstić information content (AvgIpc) is 3.91. The van der Waals surface area contributed by atoms with Crippen molar-refractivity contribution < 1.29 is 63.2 Å². The van der Waals surface area contributed by atoms with Crippen molar-refractivity contribution in [1.29, 1.82) is 0 Å². The maximum Gasteiger partial charge on any atom is 0.317 e. The molecule has 5 aliphatic heterocycles. The normalized spacial score (nSPS) is 28.9. The molecule has 2 aromatic rings.